The minimum Gasteiger partial charge on any atom is -0.349 e. The Morgan fingerprint density at radius 3 is 2.43 bits per heavy atom. The van der Waals surface area contributed by atoms with Crippen LogP contribution in [0.3, 0.4) is 0 Å². The van der Waals surface area contributed by atoms with Gasteiger partial charge in [-0.05, 0) is 56.2 Å². The van der Waals surface area contributed by atoms with Gasteiger partial charge in [0, 0.05) is 29.1 Å². The quantitative estimate of drug-likeness (QED) is 0.681. The van der Waals surface area contributed by atoms with E-state index in [1.54, 1.807) is 43.3 Å². The van der Waals surface area contributed by atoms with Crippen molar-refractivity contribution in [2.75, 3.05) is 5.32 Å². The van der Waals surface area contributed by atoms with Crippen molar-refractivity contribution in [2.24, 2.45) is 0 Å². The van der Waals surface area contributed by atoms with Gasteiger partial charge in [-0.15, -0.1) is 0 Å². The molecule has 1 heterocycles. The summed E-state index contributed by atoms with van der Waals surface area (Å²) in [6, 6.07) is 13.8. The number of hydrogen-bond donors (Lipinski definition) is 2. The molecule has 152 valence electrons. The maximum atomic E-state index is 14.1. The summed E-state index contributed by atoms with van der Waals surface area (Å²) in [5.41, 5.74) is 0.484. The Morgan fingerprint density at radius 1 is 1.07 bits per heavy atom. The monoisotopic (exact) mass is 406 g/mol. The van der Waals surface area contributed by atoms with Crippen LogP contribution in [0.15, 0.2) is 59.4 Å². The van der Waals surface area contributed by atoms with Crippen LogP contribution >= 0.6 is 0 Å². The summed E-state index contributed by atoms with van der Waals surface area (Å²) in [6.07, 6.45) is 1.99. The zero-order chi connectivity index (χ0) is 21.3. The van der Waals surface area contributed by atoms with Crippen LogP contribution in [0.4, 0.5) is 10.1 Å². The molecule has 4 rings (SSSR count). The van der Waals surface area contributed by atoms with Crippen LogP contribution in [-0.2, 0) is 0 Å². The number of hydrogen-bond acceptors (Lipinski definition) is 4. The van der Waals surface area contributed by atoms with Crippen LogP contribution in [-0.4, -0.2) is 27.6 Å². The second kappa shape index (κ2) is 7.90. The summed E-state index contributed by atoms with van der Waals surface area (Å²) >= 11 is 0. The van der Waals surface area contributed by atoms with E-state index < -0.39 is 17.2 Å². The van der Waals surface area contributed by atoms with Gasteiger partial charge in [0.2, 0.25) is 5.43 Å². The molecule has 0 aliphatic heterocycles. The van der Waals surface area contributed by atoms with Gasteiger partial charge in [-0.1, -0.05) is 12.1 Å². The van der Waals surface area contributed by atoms with Gasteiger partial charge >= 0.3 is 0 Å². The molecule has 3 aromatic rings. The summed E-state index contributed by atoms with van der Waals surface area (Å²) < 4.78 is 15.4. The number of para-hydroxylation sites is 1. The fraction of sp³-hybridized carbons (Fsp3) is 0.182. The van der Waals surface area contributed by atoms with Gasteiger partial charge in [0.05, 0.1) is 0 Å². The van der Waals surface area contributed by atoms with E-state index in [-0.39, 0.29) is 23.3 Å². The molecule has 0 radical (unpaired) electrons. The van der Waals surface area contributed by atoms with Gasteiger partial charge < -0.3 is 10.6 Å². The molecule has 8 heteroatoms. The number of aromatic nitrogens is 2. The molecule has 2 amide bonds. The highest BCUT2D eigenvalue weighted by molar-refractivity contribution is 6.03. The SMILES string of the molecule is Cc1cc(=O)c(C(=O)Nc2ccc(C(=O)NC3CC3)cc2)nn1-c1ccccc1F. The van der Waals surface area contributed by atoms with Crippen LogP contribution in [0.2, 0.25) is 0 Å². The second-order valence-electron chi connectivity index (χ2n) is 7.14. The maximum Gasteiger partial charge on any atom is 0.280 e. The Bertz CT molecular complexity index is 1180. The lowest BCUT2D eigenvalue weighted by Crippen LogP contribution is -2.27. The highest BCUT2D eigenvalue weighted by Crippen LogP contribution is 2.20. The summed E-state index contributed by atoms with van der Waals surface area (Å²) in [5.74, 6) is -1.41. The number of amides is 2. The van der Waals surface area contributed by atoms with E-state index in [2.05, 4.69) is 15.7 Å². The molecule has 0 saturated heterocycles. The van der Waals surface area contributed by atoms with Crippen molar-refractivity contribution in [3.8, 4) is 5.69 Å². The molecule has 1 aliphatic carbocycles. The Balaban J connectivity index is 1.56. The van der Waals surface area contributed by atoms with E-state index >= 15 is 0 Å². The topological polar surface area (TPSA) is 93.1 Å². The van der Waals surface area contributed by atoms with Crippen molar-refractivity contribution < 1.29 is 14.0 Å². The number of halogens is 1. The minimum atomic E-state index is -0.722. The number of aryl methyl sites for hydroxylation is 1. The molecule has 0 spiro atoms. The minimum absolute atomic E-state index is 0.134. The molecule has 0 unspecified atom stereocenters. The molecule has 0 bridgehead atoms. The van der Waals surface area contributed by atoms with Crippen molar-refractivity contribution >= 4 is 17.5 Å². The molecule has 1 saturated carbocycles. The number of rotatable bonds is 5. The third kappa shape index (κ3) is 4.12. The van der Waals surface area contributed by atoms with Crippen molar-refractivity contribution in [2.45, 2.75) is 25.8 Å². The largest absolute Gasteiger partial charge is 0.349 e. The smallest absolute Gasteiger partial charge is 0.280 e. The van der Waals surface area contributed by atoms with Gasteiger partial charge in [-0.2, -0.15) is 5.10 Å². The summed E-state index contributed by atoms with van der Waals surface area (Å²) in [4.78, 5) is 37.0. The lowest BCUT2D eigenvalue weighted by atomic mass is 10.2. The normalized spacial score (nSPS) is 13.0. The van der Waals surface area contributed by atoms with Gasteiger partial charge in [0.25, 0.3) is 11.8 Å². The summed E-state index contributed by atoms with van der Waals surface area (Å²) in [6.45, 7) is 1.61. The summed E-state index contributed by atoms with van der Waals surface area (Å²) in [7, 11) is 0. The van der Waals surface area contributed by atoms with Crippen molar-refractivity contribution in [3.05, 3.63) is 87.6 Å². The van der Waals surface area contributed by atoms with Crippen molar-refractivity contribution in [1.29, 1.82) is 0 Å². The number of carbonyl (C=O) groups excluding carboxylic acids is 2. The van der Waals surface area contributed by atoms with Crippen molar-refractivity contribution in [1.82, 2.24) is 15.1 Å². The number of benzene rings is 2. The fourth-order valence-electron chi connectivity index (χ4n) is 2.96. The predicted octanol–water partition coefficient (Wildman–Crippen LogP) is 2.82. The first-order chi connectivity index (χ1) is 14.4. The summed E-state index contributed by atoms with van der Waals surface area (Å²) in [5, 5.41) is 9.55. The van der Waals surface area contributed by atoms with E-state index in [0.717, 1.165) is 12.8 Å². The third-order valence-electron chi connectivity index (χ3n) is 4.72. The van der Waals surface area contributed by atoms with E-state index in [1.165, 1.54) is 22.9 Å². The van der Waals surface area contributed by atoms with Crippen LogP contribution in [0.1, 0.15) is 39.4 Å². The third-order valence-corrected chi connectivity index (χ3v) is 4.72. The van der Waals surface area contributed by atoms with Crippen molar-refractivity contribution in [3.63, 3.8) is 0 Å². The molecule has 0 atom stereocenters. The average Bonchev–Trinajstić information content (AvgIpc) is 3.53. The van der Waals surface area contributed by atoms with Crippen LogP contribution < -0.4 is 16.1 Å². The van der Waals surface area contributed by atoms with Crippen LogP contribution in [0, 0.1) is 12.7 Å². The Kier molecular flexibility index (Phi) is 5.14. The molecular weight excluding hydrogens is 387 g/mol. The molecule has 1 fully saturated rings. The highest BCUT2D eigenvalue weighted by Gasteiger charge is 2.23. The molecule has 1 aromatic heterocycles. The molecule has 2 aromatic carbocycles. The lowest BCUT2D eigenvalue weighted by Gasteiger charge is -2.12. The molecule has 1 aliphatic rings. The number of nitrogens with zero attached hydrogens (tertiary/aromatic N) is 2. The number of anilines is 1. The standard InChI is InChI=1S/C22H19FN4O3/c1-13-12-19(28)20(26-27(13)18-5-3-2-4-17(18)23)22(30)25-15-8-6-14(7-9-15)21(29)24-16-10-11-16/h2-9,12,16H,10-11H2,1H3,(H,24,29)(H,25,30). The first-order valence-corrected chi connectivity index (χ1v) is 9.50. The lowest BCUT2D eigenvalue weighted by molar-refractivity contribution is 0.0950. The Morgan fingerprint density at radius 2 is 1.77 bits per heavy atom. The average molecular weight is 406 g/mol. The number of carbonyl (C=O) groups is 2. The van der Waals surface area contributed by atoms with Gasteiger partial charge in [0.1, 0.15) is 11.5 Å². The number of nitrogens with one attached hydrogen (secondary N) is 2. The first kappa shape index (κ1) is 19.5. The molecule has 2 N–H and O–H groups in total. The van der Waals surface area contributed by atoms with E-state index in [0.29, 0.717) is 16.9 Å². The van der Waals surface area contributed by atoms with Gasteiger partial charge in [0.15, 0.2) is 5.69 Å². The van der Waals surface area contributed by atoms with Crippen LogP contribution in [0.5, 0.6) is 0 Å². The van der Waals surface area contributed by atoms with E-state index in [4.69, 9.17) is 0 Å². The zero-order valence-corrected chi connectivity index (χ0v) is 16.2. The van der Waals surface area contributed by atoms with Crippen LogP contribution in [0.25, 0.3) is 5.69 Å². The Labute approximate surface area is 171 Å². The predicted molar refractivity (Wildman–Crippen MR) is 109 cm³/mol. The fourth-order valence-corrected chi connectivity index (χ4v) is 2.96. The molecule has 7 nitrogen and oxygen atoms in total. The highest BCUT2D eigenvalue weighted by atomic mass is 19.1. The van der Waals surface area contributed by atoms with Gasteiger partial charge in [-0.3, -0.25) is 14.4 Å². The second-order valence-corrected chi connectivity index (χ2v) is 7.14. The Hall–Kier alpha value is -3.81. The zero-order valence-electron chi connectivity index (χ0n) is 16.2. The first-order valence-electron chi connectivity index (χ1n) is 9.50. The molecule has 30 heavy (non-hydrogen) atoms. The van der Waals surface area contributed by atoms with E-state index in [9.17, 15) is 18.8 Å². The maximum absolute atomic E-state index is 14.1. The van der Waals surface area contributed by atoms with Gasteiger partial charge in [-0.25, -0.2) is 9.07 Å². The van der Waals surface area contributed by atoms with E-state index in [1.807, 2.05) is 0 Å². The molecular formula is C22H19FN4O3.